The Kier molecular flexibility index (Phi) is 3.85. The lowest BCUT2D eigenvalue weighted by molar-refractivity contribution is 0.102. The number of benzene rings is 2. The Morgan fingerprint density at radius 1 is 1.15 bits per heavy atom. The van der Waals surface area contributed by atoms with Gasteiger partial charge in [-0.3, -0.25) is 9.78 Å². The molecule has 2 aromatic heterocycles. The van der Waals surface area contributed by atoms with Gasteiger partial charge in [0.15, 0.2) is 5.58 Å². The highest BCUT2D eigenvalue weighted by atomic mass is 16.3. The fourth-order valence-electron chi connectivity index (χ4n) is 2.70. The maximum absolute atomic E-state index is 12.3. The van der Waals surface area contributed by atoms with Gasteiger partial charge in [0.25, 0.3) is 5.91 Å². The average molecular weight is 345 g/mol. The Balaban J connectivity index is 1.73. The number of phenols is 1. The molecule has 26 heavy (non-hydrogen) atoms. The molecule has 6 nitrogen and oxygen atoms in total. The number of aromatic hydroxyl groups is 1. The van der Waals surface area contributed by atoms with Crippen LogP contribution < -0.4 is 5.32 Å². The van der Waals surface area contributed by atoms with Crippen LogP contribution in [0, 0.1) is 6.92 Å². The van der Waals surface area contributed by atoms with Crippen LogP contribution in [0.25, 0.3) is 22.6 Å². The number of carbonyl (C=O) groups excluding carboxylic acids is 1. The van der Waals surface area contributed by atoms with E-state index >= 15 is 0 Å². The normalized spacial score (nSPS) is 10.8. The predicted octanol–water partition coefficient (Wildman–Crippen LogP) is 4.16. The van der Waals surface area contributed by atoms with E-state index in [1.54, 1.807) is 37.4 Å². The van der Waals surface area contributed by atoms with Crippen LogP contribution in [-0.4, -0.2) is 21.0 Å². The maximum Gasteiger partial charge on any atom is 0.257 e. The first kappa shape index (κ1) is 15.8. The highest BCUT2D eigenvalue weighted by molar-refractivity contribution is 6.04. The minimum Gasteiger partial charge on any atom is -0.507 e. The third kappa shape index (κ3) is 2.88. The number of amides is 1. The SMILES string of the molecule is Cc1cc(NC(=O)c2cccnc2)cc(-c2nc3ccccc3o2)c1O. The lowest BCUT2D eigenvalue weighted by Crippen LogP contribution is -2.12. The van der Waals surface area contributed by atoms with Gasteiger partial charge in [-0.2, -0.15) is 0 Å². The smallest absolute Gasteiger partial charge is 0.257 e. The molecule has 1 amide bonds. The van der Waals surface area contributed by atoms with Crippen molar-refractivity contribution in [2.24, 2.45) is 0 Å². The first-order chi connectivity index (χ1) is 12.6. The number of nitrogens with zero attached hydrogens (tertiary/aromatic N) is 2. The molecule has 0 saturated carbocycles. The van der Waals surface area contributed by atoms with Gasteiger partial charge in [0, 0.05) is 18.1 Å². The number of nitrogens with one attached hydrogen (secondary N) is 1. The molecule has 0 aliphatic heterocycles. The lowest BCUT2D eigenvalue weighted by atomic mass is 10.1. The molecule has 0 spiro atoms. The topological polar surface area (TPSA) is 88.3 Å². The number of aryl methyl sites for hydroxylation is 1. The Hall–Kier alpha value is -3.67. The van der Waals surface area contributed by atoms with E-state index in [4.69, 9.17) is 4.42 Å². The predicted molar refractivity (Wildman–Crippen MR) is 98.0 cm³/mol. The summed E-state index contributed by atoms with van der Waals surface area (Å²) in [5, 5.41) is 13.2. The summed E-state index contributed by atoms with van der Waals surface area (Å²) in [6, 6.07) is 14.1. The quantitative estimate of drug-likeness (QED) is 0.544. The minimum absolute atomic E-state index is 0.0657. The molecule has 0 bridgehead atoms. The molecule has 0 unspecified atom stereocenters. The van der Waals surface area contributed by atoms with Crippen LogP contribution in [-0.2, 0) is 0 Å². The maximum atomic E-state index is 12.3. The second kappa shape index (κ2) is 6.33. The van der Waals surface area contributed by atoms with Crippen molar-refractivity contribution in [3.63, 3.8) is 0 Å². The van der Waals surface area contributed by atoms with Gasteiger partial charge in [-0.25, -0.2) is 4.98 Å². The number of pyridine rings is 1. The number of hydrogen-bond acceptors (Lipinski definition) is 5. The first-order valence-electron chi connectivity index (χ1n) is 8.03. The van der Waals surface area contributed by atoms with E-state index in [1.807, 2.05) is 24.3 Å². The molecule has 0 atom stereocenters. The minimum atomic E-state index is -0.285. The van der Waals surface area contributed by atoms with E-state index in [-0.39, 0.29) is 11.7 Å². The van der Waals surface area contributed by atoms with Gasteiger partial charge in [0.2, 0.25) is 5.89 Å². The lowest BCUT2D eigenvalue weighted by Gasteiger charge is -2.10. The van der Waals surface area contributed by atoms with Crippen LogP contribution >= 0.6 is 0 Å². The second-order valence-electron chi connectivity index (χ2n) is 5.87. The summed E-state index contributed by atoms with van der Waals surface area (Å²) >= 11 is 0. The van der Waals surface area contributed by atoms with Gasteiger partial charge in [-0.1, -0.05) is 12.1 Å². The number of anilines is 1. The molecular weight excluding hydrogens is 330 g/mol. The summed E-state index contributed by atoms with van der Waals surface area (Å²) in [4.78, 5) is 20.7. The average Bonchev–Trinajstić information content (AvgIpc) is 3.09. The molecule has 0 fully saturated rings. The molecule has 2 heterocycles. The number of fused-ring (bicyclic) bond motifs is 1. The van der Waals surface area contributed by atoms with Crippen molar-refractivity contribution >= 4 is 22.7 Å². The van der Waals surface area contributed by atoms with Crippen molar-refractivity contribution in [3.05, 3.63) is 72.1 Å². The molecule has 0 radical (unpaired) electrons. The molecular formula is C20H15N3O3. The highest BCUT2D eigenvalue weighted by Crippen LogP contribution is 2.36. The number of rotatable bonds is 3. The van der Waals surface area contributed by atoms with Gasteiger partial charge in [0.05, 0.1) is 11.1 Å². The van der Waals surface area contributed by atoms with E-state index < -0.39 is 0 Å². The van der Waals surface area contributed by atoms with Crippen LogP contribution in [0.5, 0.6) is 5.75 Å². The van der Waals surface area contributed by atoms with Gasteiger partial charge in [-0.05, 0) is 48.9 Å². The van der Waals surface area contributed by atoms with Crippen LogP contribution in [0.1, 0.15) is 15.9 Å². The fourth-order valence-corrected chi connectivity index (χ4v) is 2.70. The summed E-state index contributed by atoms with van der Waals surface area (Å²) in [5.41, 5.74) is 3.33. The van der Waals surface area contributed by atoms with Crippen molar-refractivity contribution in [2.75, 3.05) is 5.32 Å². The van der Waals surface area contributed by atoms with Gasteiger partial charge >= 0.3 is 0 Å². The van der Waals surface area contributed by atoms with Crippen molar-refractivity contribution in [1.29, 1.82) is 0 Å². The number of aromatic nitrogens is 2. The van der Waals surface area contributed by atoms with Crippen molar-refractivity contribution in [2.45, 2.75) is 6.92 Å². The zero-order valence-electron chi connectivity index (χ0n) is 13.9. The van der Waals surface area contributed by atoms with Crippen molar-refractivity contribution in [3.8, 4) is 17.2 Å². The van der Waals surface area contributed by atoms with Crippen molar-refractivity contribution < 1.29 is 14.3 Å². The standard InChI is InChI=1S/C20H15N3O3/c1-12-9-14(22-19(25)13-5-4-8-21-11-13)10-15(18(12)24)20-23-16-6-2-3-7-17(16)26-20/h2-11,24H,1H3,(H,22,25). The Morgan fingerprint density at radius 3 is 2.77 bits per heavy atom. The molecule has 128 valence electrons. The van der Waals surface area contributed by atoms with Gasteiger partial charge in [0.1, 0.15) is 11.3 Å². The Morgan fingerprint density at radius 2 is 2.00 bits per heavy atom. The molecule has 0 aliphatic rings. The van der Waals surface area contributed by atoms with Crippen LogP contribution in [0.4, 0.5) is 5.69 Å². The van der Waals surface area contributed by atoms with Crippen LogP contribution in [0.15, 0.2) is 65.3 Å². The summed E-state index contributed by atoms with van der Waals surface area (Å²) in [7, 11) is 0. The molecule has 2 N–H and O–H groups in total. The number of hydrogen-bond donors (Lipinski definition) is 2. The summed E-state index contributed by atoms with van der Waals surface area (Å²) < 4.78 is 5.74. The number of para-hydroxylation sites is 2. The molecule has 6 heteroatoms. The summed E-state index contributed by atoms with van der Waals surface area (Å²) in [6.07, 6.45) is 3.09. The van der Waals surface area contributed by atoms with E-state index in [9.17, 15) is 9.90 Å². The third-order valence-corrected chi connectivity index (χ3v) is 4.01. The number of oxazole rings is 1. The highest BCUT2D eigenvalue weighted by Gasteiger charge is 2.16. The third-order valence-electron chi connectivity index (χ3n) is 4.01. The van der Waals surface area contributed by atoms with Gasteiger partial charge in [-0.15, -0.1) is 0 Å². The van der Waals surface area contributed by atoms with Crippen molar-refractivity contribution in [1.82, 2.24) is 9.97 Å². The van der Waals surface area contributed by atoms with E-state index in [0.29, 0.717) is 39.4 Å². The summed E-state index contributed by atoms with van der Waals surface area (Å²) in [6.45, 7) is 1.75. The van der Waals surface area contributed by atoms with E-state index in [1.165, 1.54) is 6.20 Å². The number of carbonyl (C=O) groups is 1. The van der Waals surface area contributed by atoms with Crippen LogP contribution in [0.3, 0.4) is 0 Å². The molecule has 0 aliphatic carbocycles. The van der Waals surface area contributed by atoms with E-state index in [0.717, 1.165) is 0 Å². The second-order valence-corrected chi connectivity index (χ2v) is 5.87. The largest absolute Gasteiger partial charge is 0.507 e. The Bertz CT molecular complexity index is 1070. The molecule has 0 saturated heterocycles. The van der Waals surface area contributed by atoms with E-state index in [2.05, 4.69) is 15.3 Å². The molecule has 4 aromatic rings. The summed E-state index contributed by atoms with van der Waals surface area (Å²) in [5.74, 6) is 0.0758. The number of phenolic OH excluding ortho intramolecular Hbond substituents is 1. The molecule has 4 rings (SSSR count). The van der Waals surface area contributed by atoms with Crippen LogP contribution in [0.2, 0.25) is 0 Å². The zero-order valence-corrected chi connectivity index (χ0v) is 13.9. The van der Waals surface area contributed by atoms with Gasteiger partial charge < -0.3 is 14.8 Å². The molecule has 2 aromatic carbocycles. The Labute approximate surface area is 149 Å². The zero-order chi connectivity index (χ0) is 18.1. The monoisotopic (exact) mass is 345 g/mol. The first-order valence-corrected chi connectivity index (χ1v) is 8.03. The fraction of sp³-hybridized carbons (Fsp3) is 0.0500.